The Kier molecular flexibility index (Phi) is 6.28. The van der Waals surface area contributed by atoms with Crippen LogP contribution < -0.4 is 9.47 Å². The van der Waals surface area contributed by atoms with E-state index >= 15 is 0 Å². The maximum absolute atomic E-state index is 10.4. The molecular formula is C23H31NO4. The molecule has 0 spiro atoms. The molecule has 0 aromatic heterocycles. The second-order valence-electron chi connectivity index (χ2n) is 8.49. The van der Waals surface area contributed by atoms with Crippen LogP contribution in [0.4, 0.5) is 0 Å². The molecule has 0 unspecified atom stereocenters. The van der Waals surface area contributed by atoms with Crippen molar-refractivity contribution in [2.75, 3.05) is 19.7 Å². The first-order valence-electron chi connectivity index (χ1n) is 9.77. The van der Waals surface area contributed by atoms with Crippen molar-refractivity contribution in [1.82, 2.24) is 4.90 Å². The fourth-order valence-electron chi connectivity index (χ4n) is 3.46. The minimum Gasteiger partial charge on any atom is -0.491 e. The van der Waals surface area contributed by atoms with E-state index < -0.39 is 11.7 Å². The molecule has 1 aliphatic rings. The highest BCUT2D eigenvalue weighted by atomic mass is 16.5. The lowest BCUT2D eigenvalue weighted by Gasteiger charge is -2.19. The number of nitrogens with zero attached hydrogens (tertiary/aromatic N) is 1. The third kappa shape index (κ3) is 5.96. The fourth-order valence-corrected chi connectivity index (χ4v) is 3.46. The van der Waals surface area contributed by atoms with Gasteiger partial charge in [0.05, 0.1) is 5.60 Å². The van der Waals surface area contributed by atoms with E-state index in [0.717, 1.165) is 34.7 Å². The molecule has 5 heteroatoms. The van der Waals surface area contributed by atoms with Crippen molar-refractivity contribution in [1.29, 1.82) is 0 Å². The molecular weight excluding hydrogens is 354 g/mol. The highest BCUT2D eigenvalue weighted by Crippen LogP contribution is 2.23. The molecule has 1 fully saturated rings. The van der Waals surface area contributed by atoms with Gasteiger partial charge in [-0.3, -0.25) is 4.90 Å². The van der Waals surface area contributed by atoms with Gasteiger partial charge >= 0.3 is 0 Å². The zero-order valence-electron chi connectivity index (χ0n) is 17.2. The lowest BCUT2D eigenvalue weighted by molar-refractivity contribution is 0.0285. The molecule has 0 amide bonds. The molecule has 2 atom stereocenters. The molecule has 0 bridgehead atoms. The molecule has 1 aliphatic heterocycles. The lowest BCUT2D eigenvalue weighted by Crippen LogP contribution is -2.30. The van der Waals surface area contributed by atoms with E-state index in [0.29, 0.717) is 13.1 Å². The van der Waals surface area contributed by atoms with Crippen molar-refractivity contribution in [3.05, 3.63) is 59.2 Å². The zero-order valence-corrected chi connectivity index (χ0v) is 17.2. The molecule has 2 aromatic rings. The smallest absolute Gasteiger partial charge is 0.138 e. The molecule has 0 aliphatic carbocycles. The maximum Gasteiger partial charge on any atom is 0.138 e. The molecule has 2 N–H and O–H groups in total. The molecule has 28 heavy (non-hydrogen) atoms. The Morgan fingerprint density at radius 2 is 1.64 bits per heavy atom. The average molecular weight is 386 g/mol. The third-order valence-corrected chi connectivity index (χ3v) is 4.72. The minimum absolute atomic E-state index is 0.226. The fraction of sp³-hybridized carbons (Fsp3) is 0.478. The van der Waals surface area contributed by atoms with Crippen LogP contribution in [0.5, 0.6) is 11.5 Å². The number of likely N-dealkylation sites (tertiary alicyclic amines) is 1. The van der Waals surface area contributed by atoms with Gasteiger partial charge in [-0.2, -0.15) is 0 Å². The first-order chi connectivity index (χ1) is 13.2. The molecule has 0 radical (unpaired) electrons. The Morgan fingerprint density at radius 1 is 1.00 bits per heavy atom. The van der Waals surface area contributed by atoms with Gasteiger partial charge in [-0.15, -0.1) is 0 Å². The summed E-state index contributed by atoms with van der Waals surface area (Å²) in [5.74, 6) is 1.56. The van der Waals surface area contributed by atoms with E-state index in [4.69, 9.17) is 9.47 Å². The molecule has 1 saturated heterocycles. The van der Waals surface area contributed by atoms with Crippen LogP contribution in [0.25, 0.3) is 0 Å². The summed E-state index contributed by atoms with van der Waals surface area (Å²) in [5, 5.41) is 20.2. The van der Waals surface area contributed by atoms with Crippen LogP contribution in [0.2, 0.25) is 0 Å². The van der Waals surface area contributed by atoms with E-state index in [9.17, 15) is 10.2 Å². The molecule has 5 nitrogen and oxygen atoms in total. The Balaban J connectivity index is 1.54. The second kappa shape index (κ2) is 8.52. The van der Waals surface area contributed by atoms with Crippen molar-refractivity contribution in [3.63, 3.8) is 0 Å². The average Bonchev–Trinajstić information content (AvgIpc) is 2.92. The van der Waals surface area contributed by atoms with Crippen molar-refractivity contribution >= 4 is 0 Å². The summed E-state index contributed by atoms with van der Waals surface area (Å²) in [6.45, 7) is 9.81. The zero-order chi connectivity index (χ0) is 20.3. The van der Waals surface area contributed by atoms with E-state index in [-0.39, 0.29) is 12.7 Å². The summed E-state index contributed by atoms with van der Waals surface area (Å²) >= 11 is 0. The highest BCUT2D eigenvalue weighted by Gasteiger charge is 2.33. The van der Waals surface area contributed by atoms with Gasteiger partial charge in [0.25, 0.3) is 0 Å². The van der Waals surface area contributed by atoms with Crippen LogP contribution in [-0.2, 0) is 6.54 Å². The molecule has 152 valence electrons. The monoisotopic (exact) mass is 385 g/mol. The summed E-state index contributed by atoms with van der Waals surface area (Å²) in [5.41, 5.74) is 2.61. The van der Waals surface area contributed by atoms with Crippen LogP contribution in [0.1, 0.15) is 30.5 Å². The first-order valence-corrected chi connectivity index (χ1v) is 9.77. The van der Waals surface area contributed by atoms with Gasteiger partial charge in [0, 0.05) is 19.6 Å². The van der Waals surface area contributed by atoms with E-state index in [1.807, 2.05) is 50.2 Å². The van der Waals surface area contributed by atoms with Crippen LogP contribution in [0.15, 0.2) is 42.5 Å². The minimum atomic E-state index is -0.852. The number of aryl methyl sites for hydroxylation is 2. The number of rotatable bonds is 7. The number of aliphatic hydroxyl groups is 2. The van der Waals surface area contributed by atoms with E-state index in [1.165, 1.54) is 0 Å². The number of hydrogen-bond acceptors (Lipinski definition) is 5. The van der Waals surface area contributed by atoms with Gasteiger partial charge < -0.3 is 19.7 Å². The number of hydrogen-bond donors (Lipinski definition) is 2. The van der Waals surface area contributed by atoms with Crippen molar-refractivity contribution < 1.29 is 19.7 Å². The number of ether oxygens (including phenoxy) is 2. The van der Waals surface area contributed by atoms with Crippen molar-refractivity contribution in [2.24, 2.45) is 0 Å². The van der Waals surface area contributed by atoms with Crippen LogP contribution >= 0.6 is 0 Å². The van der Waals surface area contributed by atoms with Gasteiger partial charge in [0.1, 0.15) is 30.3 Å². The third-order valence-electron chi connectivity index (χ3n) is 4.72. The van der Waals surface area contributed by atoms with Crippen LogP contribution in [-0.4, -0.2) is 52.6 Å². The Labute approximate surface area is 167 Å². The lowest BCUT2D eigenvalue weighted by atomic mass is 10.1. The van der Waals surface area contributed by atoms with Gasteiger partial charge in [0.2, 0.25) is 0 Å². The summed E-state index contributed by atoms with van der Waals surface area (Å²) in [7, 11) is 0. The number of β-amino-alcohol motifs (C(OH)–C–C–N with tert-alkyl or cyclic N) is 1. The van der Waals surface area contributed by atoms with Crippen LogP contribution in [0, 0.1) is 13.8 Å². The summed E-state index contributed by atoms with van der Waals surface area (Å²) in [6.07, 6.45) is -0.731. The normalized spacial score (nSPS) is 20.4. The standard InChI is InChI=1S/C23H31NO4/c1-16-9-17(2)11-20(10-16)28-22-14-24(13-21(22)25)12-18-5-7-19(8-6-18)27-15-23(3,4)26/h5-11,21-22,25-26H,12-15H2,1-4H3/t21-,22-/m0/s1. The summed E-state index contributed by atoms with van der Waals surface area (Å²) in [4.78, 5) is 2.20. The van der Waals surface area contributed by atoms with Gasteiger partial charge in [-0.05, 0) is 68.7 Å². The quantitative estimate of drug-likeness (QED) is 0.767. The Hall–Kier alpha value is -2.08. The number of benzene rings is 2. The largest absolute Gasteiger partial charge is 0.491 e. The molecule has 0 saturated carbocycles. The number of aliphatic hydroxyl groups excluding tert-OH is 1. The Morgan fingerprint density at radius 3 is 2.25 bits per heavy atom. The maximum atomic E-state index is 10.4. The summed E-state index contributed by atoms with van der Waals surface area (Å²) in [6, 6.07) is 14.0. The van der Waals surface area contributed by atoms with E-state index in [2.05, 4.69) is 11.0 Å². The highest BCUT2D eigenvalue weighted by molar-refractivity contribution is 5.33. The van der Waals surface area contributed by atoms with Gasteiger partial charge in [0.15, 0.2) is 0 Å². The van der Waals surface area contributed by atoms with Crippen molar-refractivity contribution in [3.8, 4) is 11.5 Å². The first kappa shape index (κ1) is 20.6. The van der Waals surface area contributed by atoms with Gasteiger partial charge in [-0.25, -0.2) is 0 Å². The van der Waals surface area contributed by atoms with E-state index in [1.54, 1.807) is 13.8 Å². The van der Waals surface area contributed by atoms with Crippen molar-refractivity contribution in [2.45, 2.75) is 52.0 Å². The summed E-state index contributed by atoms with van der Waals surface area (Å²) < 4.78 is 11.7. The predicted octanol–water partition coefficient (Wildman–Crippen LogP) is 3.08. The predicted molar refractivity (Wildman–Crippen MR) is 110 cm³/mol. The molecule has 1 heterocycles. The van der Waals surface area contributed by atoms with Gasteiger partial charge in [-0.1, -0.05) is 18.2 Å². The molecule has 3 rings (SSSR count). The molecule has 2 aromatic carbocycles. The second-order valence-corrected chi connectivity index (χ2v) is 8.49. The topological polar surface area (TPSA) is 62.2 Å². The SMILES string of the molecule is Cc1cc(C)cc(O[C@H]2CN(Cc3ccc(OCC(C)(C)O)cc3)C[C@@H]2O)c1. The Bertz CT molecular complexity index is 762. The van der Waals surface area contributed by atoms with Crippen LogP contribution in [0.3, 0.4) is 0 Å².